The van der Waals surface area contributed by atoms with Crippen LogP contribution in [0, 0.1) is 0 Å². The molecule has 0 aliphatic heterocycles. The highest BCUT2D eigenvalue weighted by Gasteiger charge is 2.21. The quantitative estimate of drug-likeness (QED) is 0.156. The Labute approximate surface area is 260 Å². The predicted octanol–water partition coefficient (Wildman–Crippen LogP) is 8.80. The van der Waals surface area contributed by atoms with E-state index in [-0.39, 0.29) is 18.9 Å². The van der Waals surface area contributed by atoms with Gasteiger partial charge in [0.1, 0.15) is 0 Å². The van der Waals surface area contributed by atoms with Crippen molar-refractivity contribution in [1.82, 2.24) is 10.3 Å². The largest absolute Gasteiger partial charge is 0.481 e. The van der Waals surface area contributed by atoms with Gasteiger partial charge in [0, 0.05) is 28.4 Å². The SMILES string of the molecule is CC(C)c1ccc(N(Cc2ccc(C(=O)NCCC(=O)O)cc2)c2nc(-c3ccc(Cl)cc3)c(-c3ccccc3)s2)cc1. The number of benzene rings is 4. The monoisotopic (exact) mass is 609 g/mol. The normalized spacial score (nSPS) is 11.0. The fraction of sp³-hybridized carbons (Fsp3) is 0.171. The second-order valence-corrected chi connectivity index (χ2v) is 11.9. The van der Waals surface area contributed by atoms with Crippen LogP contribution in [0.25, 0.3) is 21.7 Å². The number of amides is 1. The molecule has 0 spiro atoms. The number of aliphatic carboxylic acids is 1. The maximum Gasteiger partial charge on any atom is 0.305 e. The van der Waals surface area contributed by atoms with Gasteiger partial charge in [-0.25, -0.2) is 4.98 Å². The van der Waals surface area contributed by atoms with Gasteiger partial charge in [0.15, 0.2) is 5.13 Å². The Balaban J connectivity index is 1.52. The summed E-state index contributed by atoms with van der Waals surface area (Å²) in [4.78, 5) is 31.7. The number of thiazole rings is 1. The zero-order valence-corrected chi connectivity index (χ0v) is 25.5. The molecule has 0 aliphatic carbocycles. The third-order valence-electron chi connectivity index (χ3n) is 7.05. The smallest absolute Gasteiger partial charge is 0.305 e. The van der Waals surface area contributed by atoms with Crippen LogP contribution in [0.5, 0.6) is 0 Å². The molecule has 6 nitrogen and oxygen atoms in total. The molecule has 5 aromatic rings. The maximum absolute atomic E-state index is 12.5. The van der Waals surface area contributed by atoms with Gasteiger partial charge >= 0.3 is 5.97 Å². The Hall–Kier alpha value is -4.46. The lowest BCUT2D eigenvalue weighted by Gasteiger charge is -2.23. The Morgan fingerprint density at radius 1 is 0.884 bits per heavy atom. The van der Waals surface area contributed by atoms with Gasteiger partial charge in [-0.15, -0.1) is 0 Å². The zero-order chi connectivity index (χ0) is 30.3. The van der Waals surface area contributed by atoms with E-state index in [9.17, 15) is 9.59 Å². The van der Waals surface area contributed by atoms with E-state index in [1.165, 1.54) is 5.56 Å². The summed E-state index contributed by atoms with van der Waals surface area (Å²) in [5.74, 6) is -0.833. The molecule has 0 saturated heterocycles. The number of rotatable bonds is 11. The number of carbonyl (C=O) groups excluding carboxylic acids is 1. The lowest BCUT2D eigenvalue weighted by Crippen LogP contribution is -2.26. The van der Waals surface area contributed by atoms with Crippen LogP contribution in [-0.2, 0) is 11.3 Å². The summed E-state index contributed by atoms with van der Waals surface area (Å²) in [6, 6.07) is 34.0. The van der Waals surface area contributed by atoms with E-state index in [1.54, 1.807) is 23.5 Å². The van der Waals surface area contributed by atoms with Crippen LogP contribution in [0.1, 0.15) is 47.7 Å². The Morgan fingerprint density at radius 3 is 2.19 bits per heavy atom. The highest BCUT2D eigenvalue weighted by atomic mass is 35.5. The maximum atomic E-state index is 12.5. The molecule has 1 aromatic heterocycles. The van der Waals surface area contributed by atoms with Crippen molar-refractivity contribution in [3.05, 3.63) is 125 Å². The minimum absolute atomic E-state index is 0.0832. The number of halogens is 1. The van der Waals surface area contributed by atoms with Crippen LogP contribution in [0.3, 0.4) is 0 Å². The molecule has 8 heteroatoms. The first kappa shape index (κ1) is 30.0. The molecule has 0 bridgehead atoms. The average Bonchev–Trinajstić information content (AvgIpc) is 3.46. The van der Waals surface area contributed by atoms with Crippen LogP contribution in [0.4, 0.5) is 10.8 Å². The second-order valence-electron chi connectivity index (χ2n) is 10.5. The molecule has 2 N–H and O–H groups in total. The lowest BCUT2D eigenvalue weighted by molar-refractivity contribution is -0.136. The molecule has 4 aromatic carbocycles. The third-order valence-corrected chi connectivity index (χ3v) is 8.43. The van der Waals surface area contributed by atoms with Gasteiger partial charge in [-0.1, -0.05) is 104 Å². The minimum atomic E-state index is -0.950. The number of aromatic nitrogens is 1. The summed E-state index contributed by atoms with van der Waals surface area (Å²) < 4.78 is 0. The van der Waals surface area contributed by atoms with Crippen molar-refractivity contribution in [2.24, 2.45) is 0 Å². The number of nitrogens with zero attached hydrogens (tertiary/aromatic N) is 2. The van der Waals surface area contributed by atoms with Crippen LogP contribution < -0.4 is 10.2 Å². The summed E-state index contributed by atoms with van der Waals surface area (Å²) in [5.41, 5.74) is 6.71. The van der Waals surface area contributed by atoms with Crippen LogP contribution in [0.2, 0.25) is 5.02 Å². The number of carbonyl (C=O) groups is 2. The molecule has 0 unspecified atom stereocenters. The highest BCUT2D eigenvalue weighted by Crippen LogP contribution is 2.43. The topological polar surface area (TPSA) is 82.5 Å². The van der Waals surface area contributed by atoms with Crippen molar-refractivity contribution >= 4 is 45.6 Å². The van der Waals surface area contributed by atoms with Crippen molar-refractivity contribution in [3.8, 4) is 21.7 Å². The summed E-state index contributed by atoms with van der Waals surface area (Å²) in [5, 5.41) is 13.0. The van der Waals surface area contributed by atoms with E-state index >= 15 is 0 Å². The first-order chi connectivity index (χ1) is 20.8. The number of nitrogens with one attached hydrogen (secondary N) is 1. The molecule has 1 heterocycles. The van der Waals surface area contributed by atoms with Crippen molar-refractivity contribution in [3.63, 3.8) is 0 Å². The molecule has 5 rings (SSSR count). The number of hydrogen-bond acceptors (Lipinski definition) is 5. The summed E-state index contributed by atoms with van der Waals surface area (Å²) in [6.45, 7) is 4.97. The van der Waals surface area contributed by atoms with Crippen LogP contribution in [-0.4, -0.2) is 28.5 Å². The van der Waals surface area contributed by atoms with Gasteiger partial charge in [-0.3, -0.25) is 9.59 Å². The molecular formula is C35H32ClN3O3S. The highest BCUT2D eigenvalue weighted by molar-refractivity contribution is 7.19. The van der Waals surface area contributed by atoms with Gasteiger partial charge in [-0.05, 0) is 59.0 Å². The first-order valence-corrected chi connectivity index (χ1v) is 15.3. The van der Waals surface area contributed by atoms with Gasteiger partial charge in [0.25, 0.3) is 5.91 Å². The van der Waals surface area contributed by atoms with E-state index in [1.807, 2.05) is 54.6 Å². The second kappa shape index (κ2) is 13.7. The molecule has 0 saturated carbocycles. The fourth-order valence-corrected chi connectivity index (χ4v) is 5.89. The number of carboxylic acid groups (broad SMARTS) is 1. The van der Waals surface area contributed by atoms with Gasteiger partial charge in [0.2, 0.25) is 0 Å². The molecule has 0 atom stereocenters. The summed E-state index contributed by atoms with van der Waals surface area (Å²) >= 11 is 7.84. The molecule has 0 radical (unpaired) electrons. The van der Waals surface area contributed by atoms with E-state index in [0.29, 0.717) is 23.0 Å². The minimum Gasteiger partial charge on any atom is -0.481 e. The Kier molecular flexibility index (Phi) is 9.55. The van der Waals surface area contributed by atoms with E-state index in [4.69, 9.17) is 21.7 Å². The van der Waals surface area contributed by atoms with Crippen molar-refractivity contribution in [2.75, 3.05) is 11.4 Å². The van der Waals surface area contributed by atoms with Crippen molar-refractivity contribution < 1.29 is 14.7 Å². The van der Waals surface area contributed by atoms with Crippen LogP contribution >= 0.6 is 22.9 Å². The number of anilines is 2. The molecule has 0 aliphatic rings. The average molecular weight is 610 g/mol. The molecule has 1 amide bonds. The van der Waals surface area contributed by atoms with E-state index < -0.39 is 5.97 Å². The Bertz CT molecular complexity index is 1680. The molecular weight excluding hydrogens is 578 g/mol. The third kappa shape index (κ3) is 7.49. The lowest BCUT2D eigenvalue weighted by atomic mass is 10.0. The first-order valence-electron chi connectivity index (χ1n) is 14.1. The summed E-state index contributed by atoms with van der Waals surface area (Å²) in [6.07, 6.45) is -0.120. The van der Waals surface area contributed by atoms with Crippen LogP contribution in [0.15, 0.2) is 103 Å². The fourth-order valence-electron chi connectivity index (χ4n) is 4.65. The molecule has 43 heavy (non-hydrogen) atoms. The van der Waals surface area contributed by atoms with Crippen molar-refractivity contribution in [2.45, 2.75) is 32.7 Å². The van der Waals surface area contributed by atoms with E-state index in [0.717, 1.165) is 38.1 Å². The van der Waals surface area contributed by atoms with E-state index in [2.05, 4.69) is 60.5 Å². The molecule has 0 fully saturated rings. The van der Waals surface area contributed by atoms with Gasteiger partial charge < -0.3 is 15.3 Å². The summed E-state index contributed by atoms with van der Waals surface area (Å²) in [7, 11) is 0. The van der Waals surface area contributed by atoms with Crippen molar-refractivity contribution in [1.29, 1.82) is 0 Å². The number of hydrogen-bond donors (Lipinski definition) is 2. The van der Waals surface area contributed by atoms with Gasteiger partial charge in [-0.2, -0.15) is 0 Å². The Morgan fingerprint density at radius 2 is 1.56 bits per heavy atom. The number of carboxylic acids is 1. The van der Waals surface area contributed by atoms with Gasteiger partial charge in [0.05, 0.1) is 23.5 Å². The predicted molar refractivity (Wildman–Crippen MR) is 175 cm³/mol. The zero-order valence-electron chi connectivity index (χ0n) is 24.0. The standard InChI is InChI=1S/C35H32ClN3O3S/c1-23(2)25-14-18-30(19-15-25)39(22-24-8-10-28(11-9-24)34(42)37-21-20-31(40)41)35-38-32(26-12-16-29(36)17-13-26)33(43-35)27-6-4-3-5-7-27/h3-19,23H,20-22H2,1-2H3,(H,37,42)(H,40,41). The molecule has 218 valence electrons.